The van der Waals surface area contributed by atoms with Crippen molar-refractivity contribution in [2.75, 3.05) is 5.73 Å². The van der Waals surface area contributed by atoms with Gasteiger partial charge in [-0.15, -0.1) is 0 Å². The summed E-state index contributed by atoms with van der Waals surface area (Å²) in [5.41, 5.74) is 7.41. The summed E-state index contributed by atoms with van der Waals surface area (Å²) < 4.78 is 10.4. The van der Waals surface area contributed by atoms with E-state index in [1.807, 2.05) is 67.6 Å². The smallest absolute Gasteiger partial charge is 0.260 e. The van der Waals surface area contributed by atoms with Gasteiger partial charge in [0.15, 0.2) is 11.5 Å². The standard InChI is InChI=1S/C22H19N3O3/c1-22(15-9-4-2-5-10-15,16-11-6-3-7-12-16)24-21(26)18-19(25-28-20(18)23)17-13-8-14-27-17/h2-14H,23H2,1H3,(H,24,26). The van der Waals surface area contributed by atoms with Gasteiger partial charge in [-0.25, -0.2) is 0 Å². The lowest BCUT2D eigenvalue weighted by atomic mass is 9.84. The van der Waals surface area contributed by atoms with Gasteiger partial charge in [-0.2, -0.15) is 0 Å². The predicted molar refractivity (Wildman–Crippen MR) is 105 cm³/mol. The fraction of sp³-hybridized carbons (Fsp3) is 0.0909. The summed E-state index contributed by atoms with van der Waals surface area (Å²) in [6, 6.07) is 22.9. The third-order valence-electron chi connectivity index (χ3n) is 4.77. The number of carbonyl (C=O) groups excluding carboxylic acids is 1. The molecule has 4 rings (SSSR count). The van der Waals surface area contributed by atoms with Crippen molar-refractivity contribution in [1.29, 1.82) is 0 Å². The molecule has 140 valence electrons. The average molecular weight is 373 g/mol. The minimum absolute atomic E-state index is 0.0626. The molecule has 0 atom stereocenters. The lowest BCUT2D eigenvalue weighted by Crippen LogP contribution is -2.44. The Hall–Kier alpha value is -3.80. The zero-order valence-electron chi connectivity index (χ0n) is 15.3. The van der Waals surface area contributed by atoms with Crippen molar-refractivity contribution in [2.24, 2.45) is 0 Å². The van der Waals surface area contributed by atoms with Crippen molar-refractivity contribution in [3.8, 4) is 11.5 Å². The summed E-state index contributed by atoms with van der Waals surface area (Å²) in [5.74, 6) is -0.0561. The SMILES string of the molecule is CC(NC(=O)c1c(-c2ccco2)noc1N)(c1ccccc1)c1ccccc1. The number of rotatable bonds is 5. The Balaban J connectivity index is 1.77. The Bertz CT molecular complexity index is 1030. The summed E-state index contributed by atoms with van der Waals surface area (Å²) in [4.78, 5) is 13.3. The Morgan fingerprint density at radius 3 is 2.11 bits per heavy atom. The van der Waals surface area contributed by atoms with Crippen LogP contribution < -0.4 is 11.1 Å². The highest BCUT2D eigenvalue weighted by atomic mass is 16.5. The van der Waals surface area contributed by atoms with Crippen LogP contribution in [0.25, 0.3) is 11.5 Å². The topological polar surface area (TPSA) is 94.3 Å². The van der Waals surface area contributed by atoms with E-state index >= 15 is 0 Å². The van der Waals surface area contributed by atoms with Crippen molar-refractivity contribution >= 4 is 11.8 Å². The molecule has 0 saturated heterocycles. The van der Waals surface area contributed by atoms with Crippen LogP contribution in [0.2, 0.25) is 0 Å². The number of benzene rings is 2. The molecule has 6 nitrogen and oxygen atoms in total. The maximum Gasteiger partial charge on any atom is 0.260 e. The molecule has 0 aliphatic carbocycles. The highest BCUT2D eigenvalue weighted by Crippen LogP contribution is 2.32. The van der Waals surface area contributed by atoms with Crippen molar-refractivity contribution in [1.82, 2.24) is 10.5 Å². The average Bonchev–Trinajstić information content (AvgIpc) is 3.38. The molecular formula is C22H19N3O3. The molecule has 0 spiro atoms. The van der Waals surface area contributed by atoms with Gasteiger partial charge in [-0.05, 0) is 30.2 Å². The van der Waals surface area contributed by atoms with Crippen molar-refractivity contribution < 1.29 is 13.7 Å². The molecule has 0 aliphatic heterocycles. The number of anilines is 1. The molecule has 2 heterocycles. The Labute approximate surface area is 162 Å². The quantitative estimate of drug-likeness (QED) is 0.546. The van der Waals surface area contributed by atoms with E-state index < -0.39 is 11.4 Å². The molecule has 0 saturated carbocycles. The third-order valence-corrected chi connectivity index (χ3v) is 4.77. The number of hydrogen-bond acceptors (Lipinski definition) is 5. The molecule has 1 amide bonds. The molecular weight excluding hydrogens is 354 g/mol. The highest BCUT2D eigenvalue weighted by Gasteiger charge is 2.34. The number of nitrogens with one attached hydrogen (secondary N) is 1. The van der Waals surface area contributed by atoms with E-state index in [1.54, 1.807) is 12.1 Å². The largest absolute Gasteiger partial charge is 0.463 e. The first-order chi connectivity index (χ1) is 13.6. The molecule has 0 bridgehead atoms. The molecule has 0 radical (unpaired) electrons. The first-order valence-electron chi connectivity index (χ1n) is 8.82. The third kappa shape index (κ3) is 3.05. The lowest BCUT2D eigenvalue weighted by molar-refractivity contribution is 0.0920. The van der Waals surface area contributed by atoms with E-state index in [-0.39, 0.29) is 17.1 Å². The van der Waals surface area contributed by atoms with Crippen LogP contribution in [-0.4, -0.2) is 11.1 Å². The molecule has 0 unspecified atom stereocenters. The number of amides is 1. The summed E-state index contributed by atoms with van der Waals surface area (Å²) >= 11 is 0. The van der Waals surface area contributed by atoms with Gasteiger partial charge in [-0.3, -0.25) is 4.79 Å². The van der Waals surface area contributed by atoms with Crippen LogP contribution in [0, 0.1) is 0 Å². The number of nitrogens with two attached hydrogens (primary N) is 1. The first-order valence-corrected chi connectivity index (χ1v) is 8.82. The van der Waals surface area contributed by atoms with Crippen LogP contribution in [0.3, 0.4) is 0 Å². The maximum absolute atomic E-state index is 13.3. The van der Waals surface area contributed by atoms with Gasteiger partial charge in [0.25, 0.3) is 5.91 Å². The minimum Gasteiger partial charge on any atom is -0.463 e. The summed E-state index contributed by atoms with van der Waals surface area (Å²) in [5, 5.41) is 7.01. The van der Waals surface area contributed by atoms with Crippen LogP contribution in [0.4, 0.5) is 5.88 Å². The molecule has 0 fully saturated rings. The second-order valence-electron chi connectivity index (χ2n) is 6.56. The summed E-state index contributed by atoms with van der Waals surface area (Å²) in [7, 11) is 0. The number of carbonyl (C=O) groups is 1. The van der Waals surface area contributed by atoms with Gasteiger partial charge in [0.05, 0.1) is 11.8 Å². The molecule has 4 aromatic rings. The van der Waals surface area contributed by atoms with Crippen LogP contribution in [0.1, 0.15) is 28.4 Å². The van der Waals surface area contributed by atoms with Gasteiger partial charge >= 0.3 is 0 Å². The van der Waals surface area contributed by atoms with Crippen molar-refractivity contribution in [3.05, 3.63) is 95.7 Å². The van der Waals surface area contributed by atoms with Crippen molar-refractivity contribution in [2.45, 2.75) is 12.5 Å². The van der Waals surface area contributed by atoms with Crippen LogP contribution in [-0.2, 0) is 5.54 Å². The van der Waals surface area contributed by atoms with Gasteiger partial charge in [0, 0.05) is 0 Å². The fourth-order valence-corrected chi connectivity index (χ4v) is 3.25. The van der Waals surface area contributed by atoms with Gasteiger partial charge in [0.1, 0.15) is 5.56 Å². The highest BCUT2D eigenvalue weighted by molar-refractivity contribution is 6.03. The first kappa shape index (κ1) is 17.6. The van der Waals surface area contributed by atoms with E-state index in [0.29, 0.717) is 5.76 Å². The number of nitrogen functional groups attached to an aromatic ring is 1. The van der Waals surface area contributed by atoms with Gasteiger partial charge in [0.2, 0.25) is 5.88 Å². The Kier molecular flexibility index (Phi) is 4.45. The van der Waals surface area contributed by atoms with E-state index in [4.69, 9.17) is 14.7 Å². The predicted octanol–water partition coefficient (Wildman–Crippen LogP) is 4.21. The summed E-state index contributed by atoms with van der Waals surface area (Å²) in [6.45, 7) is 1.95. The number of furan rings is 1. The van der Waals surface area contributed by atoms with E-state index in [0.717, 1.165) is 11.1 Å². The molecule has 2 aromatic heterocycles. The zero-order valence-corrected chi connectivity index (χ0v) is 15.3. The van der Waals surface area contributed by atoms with E-state index in [1.165, 1.54) is 6.26 Å². The molecule has 28 heavy (non-hydrogen) atoms. The Morgan fingerprint density at radius 2 is 1.57 bits per heavy atom. The number of hydrogen-bond donors (Lipinski definition) is 2. The number of aromatic nitrogens is 1. The van der Waals surface area contributed by atoms with E-state index in [2.05, 4.69) is 10.5 Å². The molecule has 6 heteroatoms. The maximum atomic E-state index is 13.3. The van der Waals surface area contributed by atoms with E-state index in [9.17, 15) is 4.79 Å². The van der Waals surface area contributed by atoms with Gasteiger partial charge < -0.3 is 20.0 Å². The second kappa shape index (κ2) is 7.08. The second-order valence-corrected chi connectivity index (χ2v) is 6.56. The molecule has 0 aliphatic rings. The normalized spacial score (nSPS) is 11.3. The summed E-state index contributed by atoms with van der Waals surface area (Å²) in [6.07, 6.45) is 1.50. The zero-order chi connectivity index (χ0) is 19.6. The van der Waals surface area contributed by atoms with Crippen LogP contribution >= 0.6 is 0 Å². The van der Waals surface area contributed by atoms with Crippen LogP contribution in [0.5, 0.6) is 0 Å². The van der Waals surface area contributed by atoms with Crippen molar-refractivity contribution in [3.63, 3.8) is 0 Å². The monoisotopic (exact) mass is 373 g/mol. The lowest BCUT2D eigenvalue weighted by Gasteiger charge is -2.32. The Morgan fingerprint density at radius 1 is 0.964 bits per heavy atom. The fourth-order valence-electron chi connectivity index (χ4n) is 3.25. The number of nitrogens with zero attached hydrogens (tertiary/aromatic N) is 1. The van der Waals surface area contributed by atoms with Crippen LogP contribution in [0.15, 0.2) is 88.0 Å². The molecule has 3 N–H and O–H groups in total. The van der Waals surface area contributed by atoms with Gasteiger partial charge in [-0.1, -0.05) is 65.8 Å². The minimum atomic E-state index is -0.788. The molecule has 2 aromatic carbocycles.